The molecule has 4 aromatic rings. The van der Waals surface area contributed by atoms with E-state index in [0.717, 1.165) is 22.3 Å². The predicted octanol–water partition coefficient (Wildman–Crippen LogP) is 5.02. The van der Waals surface area contributed by atoms with Crippen LogP contribution in [0.4, 0.5) is 5.69 Å². The summed E-state index contributed by atoms with van der Waals surface area (Å²) in [5.74, 6) is -0.216. The van der Waals surface area contributed by atoms with Gasteiger partial charge in [-0.15, -0.1) is 0 Å². The highest BCUT2D eigenvalue weighted by Gasteiger charge is 2.20. The minimum absolute atomic E-state index is 0.138. The fraction of sp³-hybridized carbons (Fsp3) is 0.160. The maximum absolute atomic E-state index is 11.9. The Morgan fingerprint density at radius 2 is 1.74 bits per heavy atom. The standard InChI is InChI=1S/C25H23N3O3/c1-3-31-25(30)19-6-9-20(10-7-19)28-22(18-12-14-26-15-13-18)21-11-8-17-5-4-16(2)27-23(17)24(21)29/h4-15,22,28-29H,3H2,1-2H3. The summed E-state index contributed by atoms with van der Waals surface area (Å²) < 4.78 is 5.05. The summed E-state index contributed by atoms with van der Waals surface area (Å²) in [6.07, 6.45) is 3.43. The molecular formula is C25H23N3O3. The van der Waals surface area contributed by atoms with E-state index in [1.807, 2.05) is 55.5 Å². The molecule has 156 valence electrons. The third-order valence-electron chi connectivity index (χ3n) is 5.06. The number of esters is 1. The number of hydrogen-bond donors (Lipinski definition) is 2. The number of rotatable bonds is 6. The fourth-order valence-electron chi connectivity index (χ4n) is 3.50. The Kier molecular flexibility index (Phi) is 5.80. The average molecular weight is 413 g/mol. The van der Waals surface area contributed by atoms with Crippen LogP contribution < -0.4 is 5.32 Å². The number of ether oxygens (including phenoxy) is 1. The summed E-state index contributed by atoms with van der Waals surface area (Å²) in [6.45, 7) is 4.01. The quantitative estimate of drug-likeness (QED) is 0.432. The van der Waals surface area contributed by atoms with Crippen LogP contribution in [0.15, 0.2) is 73.1 Å². The van der Waals surface area contributed by atoms with Gasteiger partial charge in [0, 0.05) is 34.7 Å². The van der Waals surface area contributed by atoms with Gasteiger partial charge in [0.05, 0.1) is 18.2 Å². The first-order valence-corrected chi connectivity index (χ1v) is 10.1. The fourth-order valence-corrected chi connectivity index (χ4v) is 3.50. The molecule has 6 nitrogen and oxygen atoms in total. The van der Waals surface area contributed by atoms with Crippen molar-refractivity contribution in [3.63, 3.8) is 0 Å². The molecule has 0 saturated carbocycles. The first-order chi connectivity index (χ1) is 15.1. The molecule has 2 aromatic heterocycles. The number of carbonyl (C=O) groups excluding carboxylic acids is 1. The zero-order valence-corrected chi connectivity index (χ0v) is 17.4. The highest BCUT2D eigenvalue weighted by atomic mass is 16.5. The molecule has 0 aliphatic rings. The van der Waals surface area contributed by atoms with Crippen LogP contribution in [0, 0.1) is 6.92 Å². The second-order valence-corrected chi connectivity index (χ2v) is 7.18. The molecule has 31 heavy (non-hydrogen) atoms. The van der Waals surface area contributed by atoms with Gasteiger partial charge in [-0.05, 0) is 61.9 Å². The molecule has 0 bridgehead atoms. The summed E-state index contributed by atoms with van der Waals surface area (Å²) in [5.41, 5.74) is 4.32. The number of benzene rings is 2. The maximum Gasteiger partial charge on any atom is 0.338 e. The molecule has 2 heterocycles. The summed E-state index contributed by atoms with van der Waals surface area (Å²) in [4.78, 5) is 20.6. The van der Waals surface area contributed by atoms with Gasteiger partial charge < -0.3 is 15.2 Å². The molecule has 0 amide bonds. The van der Waals surface area contributed by atoms with E-state index in [1.54, 1.807) is 31.5 Å². The van der Waals surface area contributed by atoms with E-state index >= 15 is 0 Å². The van der Waals surface area contributed by atoms with Crippen molar-refractivity contribution in [3.8, 4) is 5.75 Å². The Morgan fingerprint density at radius 3 is 2.45 bits per heavy atom. The molecule has 2 aromatic carbocycles. The Balaban J connectivity index is 1.73. The molecule has 0 aliphatic heterocycles. The van der Waals surface area contributed by atoms with Crippen molar-refractivity contribution in [1.29, 1.82) is 0 Å². The van der Waals surface area contributed by atoms with Gasteiger partial charge in [0.1, 0.15) is 11.3 Å². The summed E-state index contributed by atoms with van der Waals surface area (Å²) >= 11 is 0. The number of carbonyl (C=O) groups is 1. The lowest BCUT2D eigenvalue weighted by Crippen LogP contribution is -2.13. The van der Waals surface area contributed by atoms with E-state index in [-0.39, 0.29) is 17.8 Å². The first kappa shape index (κ1) is 20.3. The van der Waals surface area contributed by atoms with Crippen molar-refractivity contribution < 1.29 is 14.6 Å². The second-order valence-electron chi connectivity index (χ2n) is 7.18. The number of hydrogen-bond acceptors (Lipinski definition) is 6. The van der Waals surface area contributed by atoms with E-state index in [1.165, 1.54) is 0 Å². The molecule has 4 rings (SSSR count). The minimum Gasteiger partial charge on any atom is -0.505 e. The van der Waals surface area contributed by atoms with Crippen molar-refractivity contribution >= 4 is 22.6 Å². The number of nitrogens with zero attached hydrogens (tertiary/aromatic N) is 2. The maximum atomic E-state index is 11.9. The Labute approximate surface area is 180 Å². The number of anilines is 1. The number of aromatic nitrogens is 2. The van der Waals surface area contributed by atoms with Gasteiger partial charge >= 0.3 is 5.97 Å². The molecule has 6 heteroatoms. The van der Waals surface area contributed by atoms with Gasteiger partial charge in [-0.2, -0.15) is 0 Å². The van der Waals surface area contributed by atoms with E-state index < -0.39 is 0 Å². The van der Waals surface area contributed by atoms with Crippen LogP contribution in [0.5, 0.6) is 5.75 Å². The van der Waals surface area contributed by atoms with Crippen molar-refractivity contribution in [1.82, 2.24) is 9.97 Å². The van der Waals surface area contributed by atoms with Gasteiger partial charge in [-0.1, -0.05) is 18.2 Å². The van der Waals surface area contributed by atoms with Crippen molar-refractivity contribution in [3.05, 3.63) is 95.4 Å². The zero-order chi connectivity index (χ0) is 21.8. The lowest BCUT2D eigenvalue weighted by atomic mass is 9.96. The normalized spacial score (nSPS) is 11.8. The highest BCUT2D eigenvalue weighted by Crippen LogP contribution is 2.36. The second kappa shape index (κ2) is 8.83. The van der Waals surface area contributed by atoms with Crippen molar-refractivity contribution in [2.24, 2.45) is 0 Å². The molecule has 0 fully saturated rings. The summed E-state index contributed by atoms with van der Waals surface area (Å²) in [7, 11) is 0. The van der Waals surface area contributed by atoms with Gasteiger partial charge in [0.25, 0.3) is 0 Å². The third-order valence-corrected chi connectivity index (χ3v) is 5.06. The van der Waals surface area contributed by atoms with E-state index in [4.69, 9.17) is 4.74 Å². The zero-order valence-electron chi connectivity index (χ0n) is 17.4. The number of nitrogens with one attached hydrogen (secondary N) is 1. The van der Waals surface area contributed by atoms with E-state index in [0.29, 0.717) is 23.3 Å². The van der Waals surface area contributed by atoms with Crippen LogP contribution in [0.25, 0.3) is 10.9 Å². The average Bonchev–Trinajstić information content (AvgIpc) is 2.80. The molecule has 2 N–H and O–H groups in total. The summed E-state index contributed by atoms with van der Waals surface area (Å²) in [5, 5.41) is 15.4. The molecular weight excluding hydrogens is 390 g/mol. The molecule has 0 radical (unpaired) electrons. The predicted molar refractivity (Wildman–Crippen MR) is 120 cm³/mol. The largest absolute Gasteiger partial charge is 0.505 e. The van der Waals surface area contributed by atoms with Gasteiger partial charge in [-0.3, -0.25) is 4.98 Å². The van der Waals surface area contributed by atoms with Crippen molar-refractivity contribution in [2.45, 2.75) is 19.9 Å². The molecule has 1 unspecified atom stereocenters. The Hall–Kier alpha value is -3.93. The monoisotopic (exact) mass is 413 g/mol. The van der Waals surface area contributed by atoms with Crippen LogP contribution in [-0.2, 0) is 4.74 Å². The Bertz CT molecular complexity index is 1210. The number of phenolic OH excluding ortho intramolecular Hbond substituents is 1. The lowest BCUT2D eigenvalue weighted by molar-refractivity contribution is 0.0526. The van der Waals surface area contributed by atoms with Crippen LogP contribution in [0.3, 0.4) is 0 Å². The topological polar surface area (TPSA) is 84.3 Å². The number of pyridine rings is 2. The molecule has 0 spiro atoms. The SMILES string of the molecule is CCOC(=O)c1ccc(NC(c2ccncc2)c2ccc3ccc(C)nc3c2O)cc1. The lowest BCUT2D eigenvalue weighted by Gasteiger charge is -2.22. The minimum atomic E-state index is -0.353. The molecule has 0 saturated heterocycles. The number of fused-ring (bicyclic) bond motifs is 1. The first-order valence-electron chi connectivity index (χ1n) is 10.1. The smallest absolute Gasteiger partial charge is 0.338 e. The van der Waals surface area contributed by atoms with E-state index in [9.17, 15) is 9.90 Å². The summed E-state index contributed by atoms with van der Waals surface area (Å²) in [6, 6.07) is 18.3. The van der Waals surface area contributed by atoms with Gasteiger partial charge in [0.15, 0.2) is 0 Å². The van der Waals surface area contributed by atoms with Gasteiger partial charge in [0.2, 0.25) is 0 Å². The number of phenols is 1. The van der Waals surface area contributed by atoms with Crippen molar-refractivity contribution in [2.75, 3.05) is 11.9 Å². The Morgan fingerprint density at radius 1 is 1.03 bits per heavy atom. The molecule has 0 aliphatic carbocycles. The van der Waals surface area contributed by atoms with Crippen LogP contribution in [0.2, 0.25) is 0 Å². The van der Waals surface area contributed by atoms with E-state index in [2.05, 4.69) is 15.3 Å². The highest BCUT2D eigenvalue weighted by molar-refractivity contribution is 5.90. The number of aromatic hydroxyl groups is 1. The van der Waals surface area contributed by atoms with Crippen LogP contribution >= 0.6 is 0 Å². The van der Waals surface area contributed by atoms with Crippen LogP contribution in [-0.4, -0.2) is 27.7 Å². The van der Waals surface area contributed by atoms with Gasteiger partial charge in [-0.25, -0.2) is 9.78 Å². The molecule has 1 atom stereocenters. The third kappa shape index (κ3) is 4.33. The number of aryl methyl sites for hydroxylation is 1. The van der Waals surface area contributed by atoms with Crippen LogP contribution in [0.1, 0.15) is 40.1 Å².